The van der Waals surface area contributed by atoms with Crippen LogP contribution in [0.1, 0.15) is 18.1 Å². The Hall–Kier alpha value is -1.89. The van der Waals surface area contributed by atoms with E-state index in [-0.39, 0.29) is 0 Å². The van der Waals surface area contributed by atoms with E-state index in [1.165, 1.54) is 5.56 Å². The maximum absolute atomic E-state index is 4.56. The lowest BCUT2D eigenvalue weighted by molar-refractivity contribution is 0.744. The average Bonchev–Trinajstić information content (AvgIpc) is 2.39. The van der Waals surface area contributed by atoms with Crippen molar-refractivity contribution in [2.24, 2.45) is 4.99 Å². The van der Waals surface area contributed by atoms with Crippen LogP contribution in [0.2, 0.25) is 0 Å². The summed E-state index contributed by atoms with van der Waals surface area (Å²) in [5, 5.41) is 0. The Kier molecular flexibility index (Phi) is 4.09. The highest BCUT2D eigenvalue weighted by molar-refractivity contribution is 5.79. The zero-order valence-electron chi connectivity index (χ0n) is 10.1. The molecule has 2 aromatic carbocycles. The van der Waals surface area contributed by atoms with Crippen LogP contribution in [0.5, 0.6) is 0 Å². The predicted molar refractivity (Wildman–Crippen MR) is 73.6 cm³/mol. The second kappa shape index (κ2) is 6.00. The SMILES string of the molecule is C[C@@H](Cc1ccccc1)N=Cc1ccccc1. The van der Waals surface area contributed by atoms with E-state index in [2.05, 4.69) is 48.3 Å². The molecule has 86 valence electrons. The van der Waals surface area contributed by atoms with Crippen molar-refractivity contribution in [1.82, 2.24) is 0 Å². The summed E-state index contributed by atoms with van der Waals surface area (Å²) < 4.78 is 0. The highest BCUT2D eigenvalue weighted by atomic mass is 14.7. The normalized spacial score (nSPS) is 12.8. The standard InChI is InChI=1S/C16H17N/c1-14(12-15-8-4-2-5-9-15)17-13-16-10-6-3-7-11-16/h2-11,13-14H,12H2,1H3/t14-/m0/s1. The molecule has 0 aliphatic rings. The molecule has 0 N–H and O–H groups in total. The molecule has 0 unspecified atom stereocenters. The zero-order valence-corrected chi connectivity index (χ0v) is 10.1. The number of hydrogen-bond acceptors (Lipinski definition) is 1. The fourth-order valence-corrected chi connectivity index (χ4v) is 1.76. The van der Waals surface area contributed by atoms with Crippen molar-refractivity contribution in [2.45, 2.75) is 19.4 Å². The lowest BCUT2D eigenvalue weighted by Crippen LogP contribution is -2.03. The van der Waals surface area contributed by atoms with Gasteiger partial charge in [-0.3, -0.25) is 4.99 Å². The molecule has 0 aliphatic heterocycles. The van der Waals surface area contributed by atoms with Gasteiger partial charge in [-0.1, -0.05) is 60.7 Å². The van der Waals surface area contributed by atoms with Crippen LogP contribution in [0.3, 0.4) is 0 Å². The summed E-state index contributed by atoms with van der Waals surface area (Å²) in [7, 11) is 0. The van der Waals surface area contributed by atoms with Gasteiger partial charge in [0.25, 0.3) is 0 Å². The van der Waals surface area contributed by atoms with Crippen molar-refractivity contribution < 1.29 is 0 Å². The third-order valence-corrected chi connectivity index (χ3v) is 2.65. The van der Waals surface area contributed by atoms with Crippen LogP contribution in [-0.2, 0) is 6.42 Å². The van der Waals surface area contributed by atoms with Gasteiger partial charge in [-0.25, -0.2) is 0 Å². The fourth-order valence-electron chi connectivity index (χ4n) is 1.76. The quantitative estimate of drug-likeness (QED) is 0.700. The zero-order chi connectivity index (χ0) is 11.9. The molecule has 1 heteroatoms. The van der Waals surface area contributed by atoms with Gasteiger partial charge in [0.2, 0.25) is 0 Å². The largest absolute Gasteiger partial charge is 0.289 e. The summed E-state index contributed by atoms with van der Waals surface area (Å²) >= 11 is 0. The number of aliphatic imine (C=N–C) groups is 1. The van der Waals surface area contributed by atoms with Crippen molar-refractivity contribution in [1.29, 1.82) is 0 Å². The summed E-state index contributed by atoms with van der Waals surface area (Å²) in [6.07, 6.45) is 2.94. The molecule has 2 rings (SSSR count). The van der Waals surface area contributed by atoms with E-state index >= 15 is 0 Å². The third kappa shape index (κ3) is 3.87. The second-order valence-electron chi connectivity index (χ2n) is 4.23. The molecule has 0 amide bonds. The van der Waals surface area contributed by atoms with Gasteiger partial charge < -0.3 is 0 Å². The van der Waals surface area contributed by atoms with Gasteiger partial charge in [0.1, 0.15) is 0 Å². The minimum Gasteiger partial charge on any atom is -0.289 e. The van der Waals surface area contributed by atoms with Crippen LogP contribution < -0.4 is 0 Å². The first-order valence-electron chi connectivity index (χ1n) is 5.97. The topological polar surface area (TPSA) is 12.4 Å². The van der Waals surface area contributed by atoms with Crippen molar-refractivity contribution in [3.63, 3.8) is 0 Å². The van der Waals surface area contributed by atoms with Crippen LogP contribution in [0.25, 0.3) is 0 Å². The molecule has 2 aromatic rings. The van der Waals surface area contributed by atoms with Crippen molar-refractivity contribution in [3.8, 4) is 0 Å². The monoisotopic (exact) mass is 223 g/mol. The van der Waals surface area contributed by atoms with Crippen LogP contribution in [0.4, 0.5) is 0 Å². The maximum atomic E-state index is 4.56. The van der Waals surface area contributed by atoms with Crippen LogP contribution in [-0.4, -0.2) is 12.3 Å². The summed E-state index contributed by atoms with van der Waals surface area (Å²) in [4.78, 5) is 4.56. The predicted octanol–water partition coefficient (Wildman–Crippen LogP) is 3.74. The van der Waals surface area contributed by atoms with Crippen LogP contribution in [0.15, 0.2) is 65.7 Å². The minimum atomic E-state index is 0.317. The molecule has 0 radical (unpaired) electrons. The highest BCUT2D eigenvalue weighted by Gasteiger charge is 1.99. The Bertz CT molecular complexity index is 459. The smallest absolute Gasteiger partial charge is 0.0511 e. The van der Waals surface area contributed by atoms with Gasteiger partial charge in [0, 0.05) is 6.21 Å². The Morgan fingerprint density at radius 2 is 1.53 bits per heavy atom. The van der Waals surface area contributed by atoms with Crippen LogP contribution >= 0.6 is 0 Å². The molecule has 0 heterocycles. The van der Waals surface area contributed by atoms with Crippen LogP contribution in [0, 0.1) is 0 Å². The lowest BCUT2D eigenvalue weighted by atomic mass is 10.1. The molecule has 0 fully saturated rings. The van der Waals surface area contributed by atoms with Gasteiger partial charge in [0.05, 0.1) is 6.04 Å². The van der Waals surface area contributed by atoms with Crippen molar-refractivity contribution in [2.75, 3.05) is 0 Å². The average molecular weight is 223 g/mol. The van der Waals surface area contributed by atoms with Gasteiger partial charge in [-0.2, -0.15) is 0 Å². The van der Waals surface area contributed by atoms with E-state index in [0.717, 1.165) is 12.0 Å². The molecule has 1 atom stereocenters. The Morgan fingerprint density at radius 1 is 0.941 bits per heavy atom. The number of hydrogen-bond donors (Lipinski definition) is 0. The molecule has 0 saturated carbocycles. The first-order valence-corrected chi connectivity index (χ1v) is 5.97. The first kappa shape index (κ1) is 11.6. The maximum Gasteiger partial charge on any atom is 0.0511 e. The fraction of sp³-hybridized carbons (Fsp3) is 0.188. The third-order valence-electron chi connectivity index (χ3n) is 2.65. The molecule has 0 spiro atoms. The number of nitrogens with zero attached hydrogens (tertiary/aromatic N) is 1. The number of benzene rings is 2. The summed E-state index contributed by atoms with van der Waals surface area (Å²) in [5.41, 5.74) is 2.50. The Balaban J connectivity index is 1.94. The molecule has 0 aliphatic carbocycles. The van der Waals surface area contributed by atoms with E-state index in [1.807, 2.05) is 30.5 Å². The van der Waals surface area contributed by atoms with E-state index in [4.69, 9.17) is 0 Å². The molecule has 0 bridgehead atoms. The summed E-state index contributed by atoms with van der Waals surface area (Å²) in [5.74, 6) is 0. The molecule has 0 aromatic heterocycles. The Morgan fingerprint density at radius 3 is 2.18 bits per heavy atom. The van der Waals surface area contributed by atoms with E-state index < -0.39 is 0 Å². The lowest BCUT2D eigenvalue weighted by Gasteiger charge is -2.05. The summed E-state index contributed by atoms with van der Waals surface area (Å²) in [6.45, 7) is 2.15. The summed E-state index contributed by atoms with van der Waals surface area (Å²) in [6, 6.07) is 21.0. The van der Waals surface area contributed by atoms with Gasteiger partial charge in [-0.15, -0.1) is 0 Å². The first-order chi connectivity index (χ1) is 8.34. The molecule has 0 saturated heterocycles. The molecular weight excluding hydrogens is 206 g/mol. The second-order valence-corrected chi connectivity index (χ2v) is 4.23. The number of rotatable bonds is 4. The van der Waals surface area contributed by atoms with Gasteiger partial charge in [-0.05, 0) is 24.5 Å². The molecule has 17 heavy (non-hydrogen) atoms. The molecular formula is C16H17N. The minimum absolute atomic E-state index is 0.317. The van der Waals surface area contributed by atoms with E-state index in [0.29, 0.717) is 6.04 Å². The van der Waals surface area contributed by atoms with E-state index in [9.17, 15) is 0 Å². The highest BCUT2D eigenvalue weighted by Crippen LogP contribution is 2.05. The van der Waals surface area contributed by atoms with E-state index in [1.54, 1.807) is 0 Å². The van der Waals surface area contributed by atoms with Gasteiger partial charge in [0.15, 0.2) is 0 Å². The van der Waals surface area contributed by atoms with Crippen molar-refractivity contribution >= 4 is 6.21 Å². The molecule has 1 nitrogen and oxygen atoms in total. The van der Waals surface area contributed by atoms with Crippen molar-refractivity contribution in [3.05, 3.63) is 71.8 Å². The Labute approximate surface area is 103 Å². The van der Waals surface area contributed by atoms with Gasteiger partial charge >= 0.3 is 0 Å².